The highest BCUT2D eigenvalue weighted by Crippen LogP contribution is 2.17. The predicted molar refractivity (Wildman–Crippen MR) is 75.3 cm³/mol. The predicted octanol–water partition coefficient (Wildman–Crippen LogP) is 3.92. The van der Waals surface area contributed by atoms with Crippen molar-refractivity contribution in [1.82, 2.24) is 0 Å². The Hall–Kier alpha value is 0.137. The zero-order valence-corrected chi connectivity index (χ0v) is 12.6. The van der Waals surface area contributed by atoms with Gasteiger partial charge < -0.3 is 10.2 Å². The fraction of sp³-hybridized carbons (Fsp3) is 1.00. The van der Waals surface area contributed by atoms with Crippen molar-refractivity contribution < 1.29 is 4.43 Å². The van der Waals surface area contributed by atoms with Crippen LogP contribution in [0.4, 0.5) is 0 Å². The number of rotatable bonds is 11. The van der Waals surface area contributed by atoms with Crippen molar-refractivity contribution in [3.8, 4) is 0 Å². The third kappa shape index (κ3) is 10.6. The Morgan fingerprint density at radius 1 is 0.875 bits per heavy atom. The van der Waals surface area contributed by atoms with E-state index in [1.807, 2.05) is 0 Å². The molecule has 0 atom stereocenters. The van der Waals surface area contributed by atoms with E-state index in [4.69, 9.17) is 10.2 Å². The number of hydrogen-bond acceptors (Lipinski definition) is 2. The number of hydrogen-bond donors (Lipinski definition) is 1. The molecule has 0 aliphatic rings. The van der Waals surface area contributed by atoms with Gasteiger partial charge in [0.05, 0.1) is 0 Å². The zero-order chi connectivity index (χ0) is 12.3. The molecule has 98 valence electrons. The summed E-state index contributed by atoms with van der Waals surface area (Å²) in [5, 5.41) is 0. The maximum absolute atomic E-state index is 5.81. The van der Waals surface area contributed by atoms with Crippen LogP contribution in [0.15, 0.2) is 0 Å². The number of nitrogens with two attached hydrogens (primary N) is 1. The van der Waals surface area contributed by atoms with Gasteiger partial charge in [-0.1, -0.05) is 38.5 Å². The first-order chi connectivity index (χ1) is 7.62. The van der Waals surface area contributed by atoms with Crippen LogP contribution in [-0.4, -0.2) is 21.5 Å². The Kier molecular flexibility index (Phi) is 10.4. The van der Waals surface area contributed by atoms with E-state index in [1.54, 1.807) is 0 Å². The molecule has 16 heavy (non-hydrogen) atoms. The molecule has 0 aliphatic carbocycles. The lowest BCUT2D eigenvalue weighted by Crippen LogP contribution is -2.29. The van der Waals surface area contributed by atoms with Gasteiger partial charge in [0.1, 0.15) is 0 Å². The molecule has 0 aliphatic heterocycles. The maximum atomic E-state index is 5.81. The summed E-state index contributed by atoms with van der Waals surface area (Å²) in [5.41, 5.74) is 5.46. The molecule has 0 aromatic rings. The van der Waals surface area contributed by atoms with E-state index >= 15 is 0 Å². The lowest BCUT2D eigenvalue weighted by molar-refractivity contribution is 0.327. The Morgan fingerprint density at radius 3 is 1.88 bits per heavy atom. The van der Waals surface area contributed by atoms with E-state index in [0.29, 0.717) is 0 Å². The van der Waals surface area contributed by atoms with Crippen LogP contribution >= 0.6 is 0 Å². The lowest BCUT2D eigenvalue weighted by atomic mass is 10.1. The summed E-state index contributed by atoms with van der Waals surface area (Å²) in [4.78, 5) is 0. The summed E-state index contributed by atoms with van der Waals surface area (Å²) in [5.74, 6) is 0. The average Bonchev–Trinajstić information content (AvgIpc) is 2.22. The third-order valence-corrected chi connectivity index (χ3v) is 5.65. The Balaban J connectivity index is 3.20. The van der Waals surface area contributed by atoms with Crippen molar-refractivity contribution in [1.29, 1.82) is 0 Å². The zero-order valence-electron chi connectivity index (χ0n) is 11.6. The first-order valence-electron chi connectivity index (χ1n) is 6.96. The second kappa shape index (κ2) is 10.3. The van der Waals surface area contributed by atoms with Crippen LogP contribution < -0.4 is 5.73 Å². The summed E-state index contributed by atoms with van der Waals surface area (Å²) in [6, 6.07) is 1.32. The minimum atomic E-state index is -1.30. The van der Waals surface area contributed by atoms with Crippen LogP contribution in [-0.2, 0) is 4.43 Å². The monoisotopic (exact) mass is 245 g/mol. The smallest absolute Gasteiger partial charge is 0.186 e. The summed E-state index contributed by atoms with van der Waals surface area (Å²) >= 11 is 0. The standard InChI is InChI=1S/C13H31NOSi/c1-4-15-16(2,3)13-11-9-7-5-6-8-10-12-14/h4-14H2,1-3H3. The van der Waals surface area contributed by atoms with Gasteiger partial charge in [-0.25, -0.2) is 0 Å². The van der Waals surface area contributed by atoms with Crippen LogP contribution in [0, 0.1) is 0 Å². The third-order valence-electron chi connectivity index (χ3n) is 3.02. The van der Waals surface area contributed by atoms with Crippen molar-refractivity contribution in [3.05, 3.63) is 0 Å². The first kappa shape index (κ1) is 16.1. The molecule has 2 nitrogen and oxygen atoms in total. The number of unbranched alkanes of at least 4 members (excludes halogenated alkanes) is 6. The molecule has 0 aromatic carbocycles. The van der Waals surface area contributed by atoms with Gasteiger partial charge in [-0.05, 0) is 39.0 Å². The SMILES string of the molecule is CCO[Si](C)(C)CCCCCCCCCN. The van der Waals surface area contributed by atoms with Crippen molar-refractivity contribution in [2.75, 3.05) is 13.2 Å². The summed E-state index contributed by atoms with van der Waals surface area (Å²) in [7, 11) is -1.30. The summed E-state index contributed by atoms with van der Waals surface area (Å²) in [6.07, 6.45) is 9.39. The Labute approximate surface area is 103 Å². The highest BCUT2D eigenvalue weighted by Gasteiger charge is 2.20. The van der Waals surface area contributed by atoms with E-state index in [2.05, 4.69) is 20.0 Å². The molecule has 0 spiro atoms. The van der Waals surface area contributed by atoms with E-state index in [0.717, 1.165) is 13.2 Å². The van der Waals surface area contributed by atoms with Gasteiger partial charge in [-0.15, -0.1) is 0 Å². The molecule has 0 amide bonds. The van der Waals surface area contributed by atoms with Crippen LogP contribution in [0.2, 0.25) is 19.1 Å². The van der Waals surface area contributed by atoms with Crippen LogP contribution in [0.1, 0.15) is 51.9 Å². The molecule has 0 heterocycles. The van der Waals surface area contributed by atoms with Gasteiger partial charge in [0.25, 0.3) is 0 Å². The van der Waals surface area contributed by atoms with Gasteiger partial charge in [-0.2, -0.15) is 0 Å². The fourth-order valence-corrected chi connectivity index (χ4v) is 4.07. The van der Waals surface area contributed by atoms with E-state index < -0.39 is 8.32 Å². The molecule has 0 aromatic heterocycles. The topological polar surface area (TPSA) is 35.2 Å². The van der Waals surface area contributed by atoms with Crippen molar-refractivity contribution in [2.24, 2.45) is 5.73 Å². The molecular formula is C13H31NOSi. The Morgan fingerprint density at radius 2 is 1.38 bits per heavy atom. The van der Waals surface area contributed by atoms with Gasteiger partial charge in [0, 0.05) is 6.61 Å². The minimum absolute atomic E-state index is 0.855. The molecule has 0 bridgehead atoms. The van der Waals surface area contributed by atoms with Crippen molar-refractivity contribution >= 4 is 8.32 Å². The van der Waals surface area contributed by atoms with Crippen LogP contribution in [0.3, 0.4) is 0 Å². The molecule has 0 saturated heterocycles. The molecule has 0 saturated carbocycles. The fourth-order valence-electron chi connectivity index (χ4n) is 2.04. The van der Waals surface area contributed by atoms with Gasteiger partial charge in [0.2, 0.25) is 0 Å². The highest BCUT2D eigenvalue weighted by atomic mass is 28.4. The molecule has 2 N–H and O–H groups in total. The molecule has 3 heteroatoms. The summed E-state index contributed by atoms with van der Waals surface area (Å²) < 4.78 is 5.81. The van der Waals surface area contributed by atoms with E-state index in [1.165, 1.54) is 51.0 Å². The minimum Gasteiger partial charge on any atom is -0.418 e. The highest BCUT2D eigenvalue weighted by molar-refractivity contribution is 6.71. The molecule has 0 unspecified atom stereocenters. The van der Waals surface area contributed by atoms with Gasteiger partial charge in [0.15, 0.2) is 8.32 Å². The molecule has 0 rings (SSSR count). The average molecular weight is 245 g/mol. The normalized spacial score (nSPS) is 12.0. The Bertz CT molecular complexity index is 151. The van der Waals surface area contributed by atoms with Crippen molar-refractivity contribution in [2.45, 2.75) is 71.0 Å². The second-order valence-corrected chi connectivity index (χ2v) is 9.51. The van der Waals surface area contributed by atoms with Gasteiger partial charge >= 0.3 is 0 Å². The van der Waals surface area contributed by atoms with Gasteiger partial charge in [-0.3, -0.25) is 0 Å². The van der Waals surface area contributed by atoms with Crippen LogP contribution in [0.5, 0.6) is 0 Å². The molecule has 0 fully saturated rings. The van der Waals surface area contributed by atoms with E-state index in [-0.39, 0.29) is 0 Å². The molecular weight excluding hydrogens is 214 g/mol. The lowest BCUT2D eigenvalue weighted by Gasteiger charge is -2.21. The van der Waals surface area contributed by atoms with Crippen LogP contribution in [0.25, 0.3) is 0 Å². The second-order valence-electron chi connectivity index (χ2n) is 5.21. The van der Waals surface area contributed by atoms with Crippen molar-refractivity contribution in [3.63, 3.8) is 0 Å². The summed E-state index contributed by atoms with van der Waals surface area (Å²) in [6.45, 7) is 8.51. The van der Waals surface area contributed by atoms with E-state index in [9.17, 15) is 0 Å². The molecule has 0 radical (unpaired) electrons. The first-order valence-corrected chi connectivity index (χ1v) is 10.1. The quantitative estimate of drug-likeness (QED) is 0.442. The maximum Gasteiger partial charge on any atom is 0.186 e. The largest absolute Gasteiger partial charge is 0.418 e.